The van der Waals surface area contributed by atoms with Crippen LogP contribution in [0.1, 0.15) is 11.1 Å². The normalized spacial score (nSPS) is 10.9. The molecule has 55 heavy (non-hydrogen) atoms. The second-order valence-corrected chi connectivity index (χ2v) is 14.6. The maximum absolute atomic E-state index is 3.00. The number of fused-ring (bicyclic) bond motifs is 3. The molecule has 1 heterocycles. The first kappa shape index (κ1) is 35.4. The average Bonchev–Trinajstić information content (AvgIpc) is 3.63. The fraction of sp³-hybridized carbons (Fsp3) is 0.0385. The van der Waals surface area contributed by atoms with Crippen LogP contribution in [0, 0.1) is 6.92 Å². The number of benzene rings is 8. The largest absolute Gasteiger partial charge is 0.337 e. The molecule has 0 saturated carbocycles. The summed E-state index contributed by atoms with van der Waals surface area (Å²) in [6.07, 6.45) is 0. The quantitative estimate of drug-likeness (QED) is 0.137. The summed E-state index contributed by atoms with van der Waals surface area (Å²) in [5.41, 5.74) is 13.1. The molecular formula is C52H42N2S. The number of para-hydroxylation sites is 2. The van der Waals surface area contributed by atoms with E-state index in [1.807, 2.05) is 11.3 Å². The highest BCUT2D eigenvalue weighted by molar-refractivity contribution is 7.25. The second-order valence-electron chi connectivity index (χ2n) is 13.5. The molecular weight excluding hydrogens is 685 g/mol. The Kier molecular flexibility index (Phi) is 10.4. The van der Waals surface area contributed by atoms with Gasteiger partial charge in [0.1, 0.15) is 0 Å². The molecule has 1 aromatic heterocycles. The summed E-state index contributed by atoms with van der Waals surface area (Å²) in [7, 11) is 0. The fourth-order valence-electron chi connectivity index (χ4n) is 7.33. The molecule has 0 aliphatic carbocycles. The molecule has 266 valence electrons. The van der Waals surface area contributed by atoms with Gasteiger partial charge in [-0.2, -0.15) is 0 Å². The van der Waals surface area contributed by atoms with Crippen molar-refractivity contribution in [3.05, 3.63) is 224 Å². The zero-order chi connectivity index (χ0) is 37.6. The minimum Gasteiger partial charge on any atom is -0.337 e. The van der Waals surface area contributed by atoms with Gasteiger partial charge in [-0.05, 0) is 101 Å². The lowest BCUT2D eigenvalue weighted by molar-refractivity contribution is 0.969. The first-order valence-electron chi connectivity index (χ1n) is 18.6. The van der Waals surface area contributed by atoms with Crippen molar-refractivity contribution < 1.29 is 0 Å². The van der Waals surface area contributed by atoms with E-state index in [0.29, 0.717) is 0 Å². The van der Waals surface area contributed by atoms with Crippen molar-refractivity contribution in [3.63, 3.8) is 0 Å². The highest BCUT2D eigenvalue weighted by Gasteiger charge is 2.17. The van der Waals surface area contributed by atoms with Gasteiger partial charge in [0.25, 0.3) is 0 Å². The first-order valence-corrected chi connectivity index (χ1v) is 19.4. The Balaban J connectivity index is 0.00000210. The molecule has 0 atom stereocenters. The lowest BCUT2D eigenvalue weighted by Gasteiger charge is -2.27. The van der Waals surface area contributed by atoms with E-state index in [9.17, 15) is 0 Å². The van der Waals surface area contributed by atoms with Crippen molar-refractivity contribution in [2.75, 3.05) is 9.80 Å². The summed E-state index contributed by atoms with van der Waals surface area (Å²) < 4.78 is 2.60. The smallest absolute Gasteiger partial charge is 0.0481 e. The monoisotopic (exact) mass is 726 g/mol. The Morgan fingerprint density at radius 3 is 1.73 bits per heavy atom. The molecule has 0 fully saturated rings. The molecule has 3 heteroatoms. The molecule has 0 saturated heterocycles. The van der Waals surface area contributed by atoms with Crippen molar-refractivity contribution in [1.82, 2.24) is 0 Å². The lowest BCUT2D eigenvalue weighted by Crippen LogP contribution is -2.17. The highest BCUT2D eigenvalue weighted by atomic mass is 32.1. The fourth-order valence-corrected chi connectivity index (χ4v) is 8.47. The van der Waals surface area contributed by atoms with E-state index in [-0.39, 0.29) is 0 Å². The van der Waals surface area contributed by atoms with Gasteiger partial charge in [0.05, 0.1) is 0 Å². The second kappa shape index (κ2) is 16.1. The van der Waals surface area contributed by atoms with Crippen LogP contribution in [-0.4, -0.2) is 0 Å². The van der Waals surface area contributed by atoms with Crippen LogP contribution in [0.25, 0.3) is 42.4 Å². The van der Waals surface area contributed by atoms with E-state index >= 15 is 0 Å². The minimum absolute atomic E-state index is 0.780. The van der Waals surface area contributed by atoms with Crippen LogP contribution >= 0.6 is 11.3 Å². The van der Waals surface area contributed by atoms with Crippen molar-refractivity contribution in [2.24, 2.45) is 0 Å². The standard InChI is InChI=1S/C50H38N2S.C2H4/c1-36-13-8-10-21-48(36)51(42-17-6-3-7-18-42)35-37-23-25-40(26-24-37)41-16-12-19-44(33-41)52(43-29-27-39(28-30-43)38-14-4-2-5-15-38)45-31-32-47-46-20-9-11-22-49(46)53-50(47)34-45;1-2/h2-34H,35H2,1H3;1-2H2. The van der Waals surface area contributed by atoms with E-state index in [0.717, 1.165) is 23.6 Å². The van der Waals surface area contributed by atoms with E-state index in [4.69, 9.17) is 0 Å². The van der Waals surface area contributed by atoms with Crippen LogP contribution in [0.15, 0.2) is 213 Å². The van der Waals surface area contributed by atoms with E-state index in [1.54, 1.807) is 0 Å². The zero-order valence-corrected chi connectivity index (χ0v) is 31.8. The van der Waals surface area contributed by atoms with Crippen LogP contribution in [0.3, 0.4) is 0 Å². The summed E-state index contributed by atoms with van der Waals surface area (Å²) in [6, 6.07) is 72.4. The predicted molar refractivity (Wildman–Crippen MR) is 240 cm³/mol. The highest BCUT2D eigenvalue weighted by Crippen LogP contribution is 2.42. The average molecular weight is 727 g/mol. The van der Waals surface area contributed by atoms with Gasteiger partial charge in [0.15, 0.2) is 0 Å². The molecule has 9 aromatic rings. The molecule has 8 aromatic carbocycles. The number of rotatable bonds is 9. The third kappa shape index (κ3) is 7.44. The van der Waals surface area contributed by atoms with E-state index in [2.05, 4.69) is 230 Å². The van der Waals surface area contributed by atoms with Crippen molar-refractivity contribution in [3.8, 4) is 22.3 Å². The SMILES string of the molecule is C=C.Cc1ccccc1N(Cc1ccc(-c2cccc(N(c3ccc(-c4ccccc4)cc3)c3ccc4c(c3)sc3ccccc34)c2)cc1)c1ccccc1. The topological polar surface area (TPSA) is 6.48 Å². The predicted octanol–water partition coefficient (Wildman–Crippen LogP) is 15.3. The van der Waals surface area contributed by atoms with Gasteiger partial charge < -0.3 is 9.80 Å². The van der Waals surface area contributed by atoms with Gasteiger partial charge in [-0.25, -0.2) is 0 Å². The van der Waals surface area contributed by atoms with Crippen molar-refractivity contribution >= 4 is 59.9 Å². The first-order chi connectivity index (χ1) is 27.2. The summed E-state index contributed by atoms with van der Waals surface area (Å²) >= 11 is 1.86. The molecule has 0 N–H and O–H groups in total. The number of hydrogen-bond donors (Lipinski definition) is 0. The molecule has 0 aliphatic heterocycles. The van der Waals surface area contributed by atoms with Crippen LogP contribution in [-0.2, 0) is 6.54 Å². The molecule has 2 nitrogen and oxygen atoms in total. The lowest BCUT2D eigenvalue weighted by atomic mass is 10.0. The molecule has 0 radical (unpaired) electrons. The van der Waals surface area contributed by atoms with Crippen LogP contribution in [0.2, 0.25) is 0 Å². The number of hydrogen-bond acceptors (Lipinski definition) is 3. The summed E-state index contributed by atoms with van der Waals surface area (Å²) in [5, 5.41) is 2.62. The molecule has 0 amide bonds. The third-order valence-electron chi connectivity index (χ3n) is 10.1. The van der Waals surface area contributed by atoms with Crippen LogP contribution < -0.4 is 9.80 Å². The number of aryl methyl sites for hydroxylation is 1. The van der Waals surface area contributed by atoms with Gasteiger partial charge in [-0.15, -0.1) is 24.5 Å². The third-order valence-corrected chi connectivity index (χ3v) is 11.2. The molecule has 0 aliphatic rings. The maximum atomic E-state index is 3.00. The molecule has 0 spiro atoms. The summed E-state index contributed by atoms with van der Waals surface area (Å²) in [6.45, 7) is 8.96. The Bertz CT molecular complexity index is 2660. The van der Waals surface area contributed by atoms with Gasteiger partial charge in [0.2, 0.25) is 0 Å². The Labute approximate surface area is 328 Å². The van der Waals surface area contributed by atoms with Gasteiger partial charge >= 0.3 is 0 Å². The van der Waals surface area contributed by atoms with Gasteiger partial charge in [-0.3, -0.25) is 0 Å². The Morgan fingerprint density at radius 2 is 0.964 bits per heavy atom. The maximum Gasteiger partial charge on any atom is 0.0481 e. The Hall–Kier alpha value is -6.68. The van der Waals surface area contributed by atoms with E-state index < -0.39 is 0 Å². The van der Waals surface area contributed by atoms with E-state index in [1.165, 1.54) is 64.9 Å². The number of thiophene rings is 1. The zero-order valence-electron chi connectivity index (χ0n) is 31.0. The number of nitrogens with zero attached hydrogens (tertiary/aromatic N) is 2. The van der Waals surface area contributed by atoms with Crippen LogP contribution in [0.5, 0.6) is 0 Å². The minimum atomic E-state index is 0.780. The van der Waals surface area contributed by atoms with Gasteiger partial charge in [0, 0.05) is 55.2 Å². The Morgan fingerprint density at radius 1 is 0.418 bits per heavy atom. The van der Waals surface area contributed by atoms with Crippen molar-refractivity contribution in [2.45, 2.75) is 13.5 Å². The summed E-state index contributed by atoms with van der Waals surface area (Å²) in [5.74, 6) is 0. The van der Waals surface area contributed by atoms with Gasteiger partial charge in [-0.1, -0.05) is 140 Å². The summed E-state index contributed by atoms with van der Waals surface area (Å²) in [4.78, 5) is 4.79. The molecule has 9 rings (SSSR count). The van der Waals surface area contributed by atoms with Crippen molar-refractivity contribution in [1.29, 1.82) is 0 Å². The molecule has 0 unspecified atom stereocenters. The molecule has 0 bridgehead atoms. The number of anilines is 5. The van der Waals surface area contributed by atoms with Crippen LogP contribution in [0.4, 0.5) is 28.4 Å².